The largest absolute Gasteiger partial charge is 0.356 e. The van der Waals surface area contributed by atoms with Crippen molar-refractivity contribution >= 4 is 11.6 Å². The molecule has 0 spiro atoms. The van der Waals surface area contributed by atoms with E-state index < -0.39 is 0 Å². The van der Waals surface area contributed by atoms with E-state index in [4.69, 9.17) is 4.52 Å². The molecule has 1 heterocycles. The van der Waals surface area contributed by atoms with E-state index in [0.29, 0.717) is 13.1 Å². The van der Waals surface area contributed by atoms with E-state index in [2.05, 4.69) is 17.4 Å². The molecule has 5 nitrogen and oxygen atoms in total. The average molecular weight is 364 g/mol. The Labute approximate surface area is 160 Å². The molecule has 0 aliphatic heterocycles. The van der Waals surface area contributed by atoms with Gasteiger partial charge < -0.3 is 14.7 Å². The highest BCUT2D eigenvalue weighted by atomic mass is 16.5. The fraction of sp³-hybridized carbons (Fsp3) is 0.273. The normalized spacial score (nSPS) is 11.9. The third kappa shape index (κ3) is 5.28. The van der Waals surface area contributed by atoms with E-state index in [0.717, 1.165) is 46.1 Å². The van der Waals surface area contributed by atoms with Gasteiger partial charge in [-0.05, 0) is 25.0 Å². The Morgan fingerprint density at radius 2 is 1.85 bits per heavy atom. The first-order valence-corrected chi connectivity index (χ1v) is 9.35. The third-order valence-electron chi connectivity index (χ3n) is 4.48. The van der Waals surface area contributed by atoms with E-state index in [-0.39, 0.29) is 5.91 Å². The molecular weight excluding hydrogens is 338 g/mol. The van der Waals surface area contributed by atoms with Gasteiger partial charge in [0, 0.05) is 17.3 Å². The smallest absolute Gasteiger partial charge is 0.279 e. The van der Waals surface area contributed by atoms with Crippen LogP contribution in [0.2, 0.25) is 0 Å². The van der Waals surface area contributed by atoms with E-state index in [1.165, 1.54) is 0 Å². The topological polar surface area (TPSA) is 59.6 Å². The number of carbonyl (C=O) groups is 1. The van der Waals surface area contributed by atoms with Gasteiger partial charge in [0.15, 0.2) is 12.3 Å². The number of hydrogen-bond donors (Lipinski definition) is 2. The van der Waals surface area contributed by atoms with Gasteiger partial charge in [0.1, 0.15) is 12.2 Å². The molecule has 2 N–H and O–H groups in total. The Hall–Kier alpha value is -2.92. The van der Waals surface area contributed by atoms with Gasteiger partial charge in [0.25, 0.3) is 5.91 Å². The lowest BCUT2D eigenvalue weighted by Crippen LogP contribution is -3.11. The van der Waals surface area contributed by atoms with Gasteiger partial charge in [-0.1, -0.05) is 60.6 Å². The third-order valence-corrected chi connectivity index (χ3v) is 4.48. The summed E-state index contributed by atoms with van der Waals surface area (Å²) in [5, 5.41) is 7.20. The minimum absolute atomic E-state index is 0.0135. The van der Waals surface area contributed by atoms with Crippen LogP contribution in [0, 0.1) is 6.92 Å². The van der Waals surface area contributed by atoms with Crippen LogP contribution >= 0.6 is 0 Å². The Kier molecular flexibility index (Phi) is 6.39. The first kappa shape index (κ1) is 18.9. The molecule has 0 aliphatic rings. The molecular formula is C22H26N3O2+. The Morgan fingerprint density at radius 3 is 2.59 bits per heavy atom. The van der Waals surface area contributed by atoms with Gasteiger partial charge in [0.2, 0.25) is 0 Å². The Morgan fingerprint density at radius 1 is 1.11 bits per heavy atom. The number of carbonyl (C=O) groups excluding carboxylic acids is 1. The zero-order chi connectivity index (χ0) is 19.1. The number of hydrogen-bond acceptors (Lipinski definition) is 3. The van der Waals surface area contributed by atoms with Gasteiger partial charge in [0.05, 0.1) is 6.54 Å². The molecule has 1 unspecified atom stereocenters. The van der Waals surface area contributed by atoms with Crippen LogP contribution in [0.15, 0.2) is 65.2 Å². The number of para-hydroxylation sites is 1. The van der Waals surface area contributed by atoms with Crippen LogP contribution in [0.25, 0.3) is 11.3 Å². The van der Waals surface area contributed by atoms with Crippen LogP contribution in [0.4, 0.5) is 5.69 Å². The summed E-state index contributed by atoms with van der Waals surface area (Å²) in [6.07, 6.45) is 0.996. The second kappa shape index (κ2) is 9.14. The highest BCUT2D eigenvalue weighted by molar-refractivity contribution is 5.92. The molecule has 0 fully saturated rings. The first-order chi connectivity index (χ1) is 13.2. The minimum Gasteiger partial charge on any atom is -0.356 e. The summed E-state index contributed by atoms with van der Waals surface area (Å²) >= 11 is 0. The maximum atomic E-state index is 12.5. The summed E-state index contributed by atoms with van der Waals surface area (Å²) in [5.74, 6) is 0.769. The van der Waals surface area contributed by atoms with E-state index in [1.807, 2.05) is 67.6 Å². The Balaban J connectivity index is 1.63. The number of amides is 1. The summed E-state index contributed by atoms with van der Waals surface area (Å²) in [7, 11) is 0. The molecule has 0 saturated heterocycles. The molecule has 0 bridgehead atoms. The molecule has 0 radical (unpaired) electrons. The maximum Gasteiger partial charge on any atom is 0.279 e. The first-order valence-electron chi connectivity index (χ1n) is 9.35. The van der Waals surface area contributed by atoms with Gasteiger partial charge in [-0.2, -0.15) is 0 Å². The van der Waals surface area contributed by atoms with Crippen LogP contribution in [0.5, 0.6) is 0 Å². The fourth-order valence-electron chi connectivity index (χ4n) is 3.12. The molecule has 2 aromatic carbocycles. The van der Waals surface area contributed by atoms with Crippen LogP contribution in [0.1, 0.15) is 24.6 Å². The standard InChI is InChI=1S/C22H25N3O2/c1-3-13-25(16-22(26)23-20-12-8-7-9-17(20)2)15-19-14-21(27-24-19)18-10-5-4-6-11-18/h4-12,14H,3,13,15-16H2,1-2H3,(H,23,26)/p+1. The number of nitrogens with one attached hydrogen (secondary N) is 2. The molecule has 1 atom stereocenters. The minimum atomic E-state index is 0.0135. The number of nitrogens with zero attached hydrogens (tertiary/aromatic N) is 1. The van der Waals surface area contributed by atoms with Crippen molar-refractivity contribution in [2.45, 2.75) is 26.8 Å². The molecule has 140 valence electrons. The van der Waals surface area contributed by atoms with Crippen molar-refractivity contribution < 1.29 is 14.2 Å². The molecule has 27 heavy (non-hydrogen) atoms. The average Bonchev–Trinajstić information content (AvgIpc) is 3.13. The zero-order valence-electron chi connectivity index (χ0n) is 15.9. The van der Waals surface area contributed by atoms with Gasteiger partial charge in [-0.15, -0.1) is 0 Å². The van der Waals surface area contributed by atoms with Gasteiger partial charge in [-0.25, -0.2) is 0 Å². The van der Waals surface area contributed by atoms with E-state index in [9.17, 15) is 4.79 Å². The number of benzene rings is 2. The van der Waals surface area contributed by atoms with Crippen molar-refractivity contribution in [3.8, 4) is 11.3 Å². The number of aromatic nitrogens is 1. The van der Waals surface area contributed by atoms with Gasteiger partial charge in [-0.3, -0.25) is 4.79 Å². The molecule has 0 aliphatic carbocycles. The number of anilines is 1. The van der Waals surface area contributed by atoms with Crippen LogP contribution < -0.4 is 10.2 Å². The molecule has 5 heteroatoms. The zero-order valence-corrected chi connectivity index (χ0v) is 15.9. The van der Waals surface area contributed by atoms with Crippen molar-refractivity contribution in [1.82, 2.24) is 5.16 Å². The maximum absolute atomic E-state index is 12.5. The Bertz CT molecular complexity index is 874. The lowest BCUT2D eigenvalue weighted by atomic mass is 10.1. The molecule has 3 aromatic rings. The van der Waals surface area contributed by atoms with Crippen LogP contribution in [0.3, 0.4) is 0 Å². The van der Waals surface area contributed by atoms with E-state index >= 15 is 0 Å². The molecule has 3 rings (SSSR count). The predicted octanol–water partition coefficient (Wildman–Crippen LogP) is 3.08. The predicted molar refractivity (Wildman–Crippen MR) is 106 cm³/mol. The van der Waals surface area contributed by atoms with Crippen LogP contribution in [-0.2, 0) is 11.3 Å². The van der Waals surface area contributed by atoms with E-state index in [1.54, 1.807) is 0 Å². The van der Waals surface area contributed by atoms with Crippen molar-refractivity contribution in [2.24, 2.45) is 0 Å². The molecule has 1 amide bonds. The van der Waals surface area contributed by atoms with Crippen molar-refractivity contribution in [3.63, 3.8) is 0 Å². The summed E-state index contributed by atoms with van der Waals surface area (Å²) in [5.41, 5.74) is 3.80. The summed E-state index contributed by atoms with van der Waals surface area (Å²) in [6, 6.07) is 19.7. The monoisotopic (exact) mass is 364 g/mol. The van der Waals surface area contributed by atoms with Crippen LogP contribution in [-0.4, -0.2) is 24.2 Å². The highest BCUT2D eigenvalue weighted by Crippen LogP contribution is 2.19. The quantitative estimate of drug-likeness (QED) is 0.646. The number of quaternary nitrogens is 1. The number of aryl methyl sites for hydroxylation is 1. The molecule has 0 saturated carbocycles. The van der Waals surface area contributed by atoms with Crippen molar-refractivity contribution in [3.05, 3.63) is 71.9 Å². The summed E-state index contributed by atoms with van der Waals surface area (Å²) in [4.78, 5) is 13.7. The molecule has 1 aromatic heterocycles. The second-order valence-electron chi connectivity index (χ2n) is 6.77. The lowest BCUT2D eigenvalue weighted by molar-refractivity contribution is -0.906. The van der Waals surface area contributed by atoms with Gasteiger partial charge >= 0.3 is 0 Å². The summed E-state index contributed by atoms with van der Waals surface area (Å²) < 4.78 is 5.48. The highest BCUT2D eigenvalue weighted by Gasteiger charge is 2.17. The lowest BCUT2D eigenvalue weighted by Gasteiger charge is -2.17. The van der Waals surface area contributed by atoms with Crippen molar-refractivity contribution in [1.29, 1.82) is 0 Å². The number of rotatable bonds is 8. The van der Waals surface area contributed by atoms with Crippen molar-refractivity contribution in [2.75, 3.05) is 18.4 Å². The second-order valence-corrected chi connectivity index (χ2v) is 6.77. The fourth-order valence-corrected chi connectivity index (χ4v) is 3.12. The summed E-state index contributed by atoms with van der Waals surface area (Å²) in [6.45, 7) is 6.07. The SMILES string of the molecule is CCC[NH+](CC(=O)Nc1ccccc1C)Cc1cc(-c2ccccc2)on1.